The van der Waals surface area contributed by atoms with Crippen LogP contribution >= 0.6 is 0 Å². The highest BCUT2D eigenvalue weighted by atomic mass is 16.6. The van der Waals surface area contributed by atoms with Gasteiger partial charge in [-0.25, -0.2) is 0 Å². The first-order valence-electron chi connectivity index (χ1n) is 6.26. The molecule has 22 heavy (non-hydrogen) atoms. The van der Waals surface area contributed by atoms with E-state index in [4.69, 9.17) is 10.00 Å². The van der Waals surface area contributed by atoms with E-state index in [1.165, 1.54) is 24.3 Å². The van der Waals surface area contributed by atoms with Gasteiger partial charge in [0.2, 0.25) is 0 Å². The molecule has 0 saturated heterocycles. The minimum atomic E-state index is -0.538. The van der Waals surface area contributed by atoms with E-state index in [1.54, 1.807) is 24.3 Å². The fourth-order valence-corrected chi connectivity index (χ4v) is 1.66. The van der Waals surface area contributed by atoms with E-state index in [0.717, 1.165) is 0 Å². The summed E-state index contributed by atoms with van der Waals surface area (Å²) in [5, 5.41) is 21.9. The quantitative estimate of drug-likeness (QED) is 0.674. The zero-order valence-corrected chi connectivity index (χ0v) is 11.4. The van der Waals surface area contributed by atoms with E-state index in [2.05, 4.69) is 5.32 Å². The van der Waals surface area contributed by atoms with Crippen molar-refractivity contribution in [3.05, 3.63) is 64.2 Å². The molecule has 0 saturated carbocycles. The number of benzene rings is 2. The molecule has 0 atom stereocenters. The van der Waals surface area contributed by atoms with E-state index in [0.29, 0.717) is 11.3 Å². The van der Waals surface area contributed by atoms with Crippen LogP contribution in [0.3, 0.4) is 0 Å². The van der Waals surface area contributed by atoms with Crippen molar-refractivity contribution >= 4 is 17.3 Å². The molecular formula is C15H11N3O4. The van der Waals surface area contributed by atoms with E-state index >= 15 is 0 Å². The largest absolute Gasteiger partial charge is 0.484 e. The summed E-state index contributed by atoms with van der Waals surface area (Å²) in [7, 11) is 0. The molecule has 110 valence electrons. The van der Waals surface area contributed by atoms with Crippen LogP contribution in [0, 0.1) is 21.4 Å². The van der Waals surface area contributed by atoms with Crippen molar-refractivity contribution in [3.8, 4) is 11.8 Å². The maximum atomic E-state index is 11.7. The maximum Gasteiger partial charge on any atom is 0.273 e. The average molecular weight is 297 g/mol. The Morgan fingerprint density at radius 3 is 2.64 bits per heavy atom. The van der Waals surface area contributed by atoms with Gasteiger partial charge in [0, 0.05) is 11.8 Å². The highest BCUT2D eigenvalue weighted by Crippen LogP contribution is 2.19. The van der Waals surface area contributed by atoms with Gasteiger partial charge in [0.15, 0.2) is 6.61 Å². The number of nitrogens with zero attached hydrogens (tertiary/aromatic N) is 2. The Balaban J connectivity index is 1.91. The first kappa shape index (κ1) is 15.0. The highest BCUT2D eigenvalue weighted by Gasteiger charge is 2.08. The van der Waals surface area contributed by atoms with Crippen LogP contribution in [0.1, 0.15) is 5.56 Å². The van der Waals surface area contributed by atoms with Crippen molar-refractivity contribution in [1.29, 1.82) is 5.26 Å². The molecule has 2 aromatic rings. The Hall–Kier alpha value is -3.40. The second-order valence-electron chi connectivity index (χ2n) is 4.28. The molecule has 0 aromatic heterocycles. The molecular weight excluding hydrogens is 286 g/mol. The number of nitro groups is 1. The van der Waals surface area contributed by atoms with Crippen molar-refractivity contribution in [1.82, 2.24) is 0 Å². The fraction of sp³-hybridized carbons (Fsp3) is 0.0667. The van der Waals surface area contributed by atoms with Crippen molar-refractivity contribution in [2.75, 3.05) is 11.9 Å². The number of nitriles is 1. The third-order valence-corrected chi connectivity index (χ3v) is 2.70. The number of carbonyl (C=O) groups is 1. The lowest BCUT2D eigenvalue weighted by Crippen LogP contribution is -2.20. The molecule has 0 spiro atoms. The number of hydrogen-bond donors (Lipinski definition) is 1. The zero-order valence-electron chi connectivity index (χ0n) is 11.4. The molecule has 0 radical (unpaired) electrons. The maximum absolute atomic E-state index is 11.7. The number of hydrogen-bond acceptors (Lipinski definition) is 5. The molecule has 2 rings (SSSR count). The predicted molar refractivity (Wildman–Crippen MR) is 78.4 cm³/mol. The number of amides is 1. The van der Waals surface area contributed by atoms with Gasteiger partial charge in [-0.2, -0.15) is 5.26 Å². The smallest absolute Gasteiger partial charge is 0.273 e. The van der Waals surface area contributed by atoms with Gasteiger partial charge in [-0.3, -0.25) is 14.9 Å². The number of carbonyl (C=O) groups excluding carboxylic acids is 1. The number of ether oxygens (including phenoxy) is 1. The highest BCUT2D eigenvalue weighted by molar-refractivity contribution is 5.91. The molecule has 0 fully saturated rings. The zero-order chi connectivity index (χ0) is 15.9. The van der Waals surface area contributed by atoms with Gasteiger partial charge in [-0.05, 0) is 30.3 Å². The number of rotatable bonds is 5. The van der Waals surface area contributed by atoms with Gasteiger partial charge in [0.05, 0.1) is 22.6 Å². The lowest BCUT2D eigenvalue weighted by Gasteiger charge is -2.07. The Labute approximate surface area is 125 Å². The van der Waals surface area contributed by atoms with Crippen LogP contribution in [0.4, 0.5) is 11.4 Å². The normalized spacial score (nSPS) is 9.59. The van der Waals surface area contributed by atoms with Crippen LogP contribution in [0.5, 0.6) is 5.75 Å². The van der Waals surface area contributed by atoms with Gasteiger partial charge in [-0.15, -0.1) is 0 Å². The summed E-state index contributed by atoms with van der Waals surface area (Å²) in [4.78, 5) is 21.8. The van der Waals surface area contributed by atoms with Crippen molar-refractivity contribution in [2.24, 2.45) is 0 Å². The molecule has 0 bridgehead atoms. The van der Waals surface area contributed by atoms with E-state index < -0.39 is 10.8 Å². The molecule has 0 aliphatic heterocycles. The summed E-state index contributed by atoms with van der Waals surface area (Å²) in [6, 6.07) is 13.9. The molecule has 2 aromatic carbocycles. The monoisotopic (exact) mass is 297 g/mol. The van der Waals surface area contributed by atoms with Gasteiger partial charge < -0.3 is 10.1 Å². The van der Waals surface area contributed by atoms with Crippen LogP contribution in [-0.2, 0) is 4.79 Å². The molecule has 7 heteroatoms. The Morgan fingerprint density at radius 1 is 1.27 bits per heavy atom. The second kappa shape index (κ2) is 6.85. The minimum absolute atomic E-state index is 0.106. The molecule has 1 N–H and O–H groups in total. The average Bonchev–Trinajstić information content (AvgIpc) is 2.54. The van der Waals surface area contributed by atoms with Crippen LogP contribution in [0.2, 0.25) is 0 Å². The molecule has 0 heterocycles. The Kier molecular flexibility index (Phi) is 4.67. The third-order valence-electron chi connectivity index (χ3n) is 2.70. The third kappa shape index (κ3) is 4.05. The summed E-state index contributed by atoms with van der Waals surface area (Å²) >= 11 is 0. The summed E-state index contributed by atoms with van der Waals surface area (Å²) in [6.45, 7) is -0.277. The summed E-state index contributed by atoms with van der Waals surface area (Å²) in [6.07, 6.45) is 0. The standard InChI is InChI=1S/C15H11N3O4/c16-9-11-4-6-12(7-5-11)17-15(19)10-22-14-3-1-2-13(8-14)18(20)21/h1-8H,10H2,(H,17,19). The van der Waals surface area contributed by atoms with Crippen LogP contribution in [0.15, 0.2) is 48.5 Å². The van der Waals surface area contributed by atoms with Crippen LogP contribution < -0.4 is 10.1 Å². The molecule has 0 aliphatic rings. The minimum Gasteiger partial charge on any atom is -0.484 e. The topological polar surface area (TPSA) is 105 Å². The van der Waals surface area contributed by atoms with Crippen molar-refractivity contribution in [3.63, 3.8) is 0 Å². The lowest BCUT2D eigenvalue weighted by atomic mass is 10.2. The van der Waals surface area contributed by atoms with Gasteiger partial charge in [0.1, 0.15) is 5.75 Å². The number of anilines is 1. The summed E-state index contributed by atoms with van der Waals surface area (Å²) in [5.74, 6) is -0.166. The number of non-ortho nitro benzene ring substituents is 1. The van der Waals surface area contributed by atoms with E-state index in [9.17, 15) is 14.9 Å². The predicted octanol–water partition coefficient (Wildman–Crippen LogP) is 2.48. The molecule has 1 amide bonds. The van der Waals surface area contributed by atoms with Crippen LogP contribution in [-0.4, -0.2) is 17.4 Å². The van der Waals surface area contributed by atoms with Crippen molar-refractivity contribution in [2.45, 2.75) is 0 Å². The molecule has 0 unspecified atom stereocenters. The molecule has 7 nitrogen and oxygen atoms in total. The van der Waals surface area contributed by atoms with Crippen molar-refractivity contribution < 1.29 is 14.5 Å². The van der Waals surface area contributed by atoms with Crippen LogP contribution in [0.25, 0.3) is 0 Å². The summed E-state index contributed by atoms with van der Waals surface area (Å²) < 4.78 is 5.21. The first-order chi connectivity index (χ1) is 10.6. The van der Waals surface area contributed by atoms with E-state index in [-0.39, 0.29) is 18.0 Å². The van der Waals surface area contributed by atoms with Gasteiger partial charge >= 0.3 is 0 Å². The summed E-state index contributed by atoms with van der Waals surface area (Å²) in [5.41, 5.74) is 0.919. The number of nitrogens with one attached hydrogen (secondary N) is 1. The van der Waals surface area contributed by atoms with Gasteiger partial charge in [0.25, 0.3) is 11.6 Å². The fourth-order valence-electron chi connectivity index (χ4n) is 1.66. The number of nitro benzene ring substituents is 1. The molecule has 0 aliphatic carbocycles. The van der Waals surface area contributed by atoms with Gasteiger partial charge in [-0.1, -0.05) is 6.07 Å². The Morgan fingerprint density at radius 2 is 2.00 bits per heavy atom. The van der Waals surface area contributed by atoms with E-state index in [1.807, 2.05) is 6.07 Å². The Bertz CT molecular complexity index is 735. The second-order valence-corrected chi connectivity index (χ2v) is 4.28. The lowest BCUT2D eigenvalue weighted by molar-refractivity contribution is -0.384. The first-order valence-corrected chi connectivity index (χ1v) is 6.26. The SMILES string of the molecule is N#Cc1ccc(NC(=O)COc2cccc([N+](=O)[O-])c2)cc1.